The first kappa shape index (κ1) is 14.2. The molecule has 1 aromatic heterocycles. The van der Waals surface area contributed by atoms with Crippen molar-refractivity contribution < 1.29 is 19.4 Å². The van der Waals surface area contributed by atoms with Gasteiger partial charge in [-0.1, -0.05) is 22.0 Å². The number of carbonyl (C=O) groups excluding carboxylic acids is 1. The number of hydrogen-bond donors (Lipinski definition) is 1. The maximum absolute atomic E-state index is 12.6. The number of benzene rings is 1. The number of phenolic OH excluding ortho intramolecular Hbond substituents is 1. The highest BCUT2D eigenvalue weighted by atomic mass is 79.9. The summed E-state index contributed by atoms with van der Waals surface area (Å²) in [6.45, 7) is 0.963. The van der Waals surface area contributed by atoms with Crippen LogP contribution in [0.4, 0.5) is 0 Å². The summed E-state index contributed by atoms with van der Waals surface area (Å²) in [6.07, 6.45) is 0.938. The van der Waals surface area contributed by atoms with Gasteiger partial charge in [-0.25, -0.2) is 0 Å². The predicted octanol–water partition coefficient (Wildman–Crippen LogP) is 2.83. The Bertz CT molecular complexity index is 683. The van der Waals surface area contributed by atoms with Crippen molar-refractivity contribution in [3.8, 4) is 5.75 Å². The quantitative estimate of drug-likeness (QED) is 0.863. The van der Waals surface area contributed by atoms with Gasteiger partial charge in [0.15, 0.2) is 6.29 Å². The zero-order valence-electron chi connectivity index (χ0n) is 11.0. The van der Waals surface area contributed by atoms with E-state index < -0.39 is 6.29 Å². The Hall–Kier alpha value is -1.76. The van der Waals surface area contributed by atoms with Crippen molar-refractivity contribution in [3.05, 3.63) is 57.8 Å². The molecule has 2 heterocycles. The van der Waals surface area contributed by atoms with Crippen molar-refractivity contribution in [3.63, 3.8) is 0 Å². The van der Waals surface area contributed by atoms with Gasteiger partial charge in [0.25, 0.3) is 0 Å². The minimum atomic E-state index is -0.591. The van der Waals surface area contributed by atoms with E-state index >= 15 is 0 Å². The SMILES string of the molecule is O=C(c1cc(Br)ccc1O)c1ncccc1C1OCCO1. The van der Waals surface area contributed by atoms with Crippen LogP contribution in [0.2, 0.25) is 0 Å². The van der Waals surface area contributed by atoms with E-state index in [0.29, 0.717) is 23.2 Å². The standard InChI is InChI=1S/C15H12BrNO4/c16-9-3-4-12(18)11(8-9)14(19)13-10(2-1-5-17-13)15-20-6-7-21-15/h1-5,8,15,18H,6-7H2. The molecule has 0 spiro atoms. The predicted molar refractivity (Wildman–Crippen MR) is 78.1 cm³/mol. The first-order chi connectivity index (χ1) is 10.2. The lowest BCUT2D eigenvalue weighted by Gasteiger charge is -2.13. The number of halogens is 1. The van der Waals surface area contributed by atoms with Crippen molar-refractivity contribution in [2.75, 3.05) is 13.2 Å². The highest BCUT2D eigenvalue weighted by Crippen LogP contribution is 2.29. The largest absolute Gasteiger partial charge is 0.507 e. The lowest BCUT2D eigenvalue weighted by molar-refractivity contribution is -0.0447. The van der Waals surface area contributed by atoms with Crippen LogP contribution in [0.1, 0.15) is 27.9 Å². The van der Waals surface area contributed by atoms with Gasteiger partial charge in [-0.05, 0) is 24.3 Å². The van der Waals surface area contributed by atoms with Crippen LogP contribution in [0.3, 0.4) is 0 Å². The Balaban J connectivity index is 2.03. The second-order valence-electron chi connectivity index (χ2n) is 4.51. The molecule has 1 N–H and O–H groups in total. The van der Waals surface area contributed by atoms with Crippen LogP contribution in [0.25, 0.3) is 0 Å². The number of hydrogen-bond acceptors (Lipinski definition) is 5. The van der Waals surface area contributed by atoms with Crippen molar-refractivity contribution >= 4 is 21.7 Å². The van der Waals surface area contributed by atoms with Crippen LogP contribution in [-0.4, -0.2) is 29.1 Å². The van der Waals surface area contributed by atoms with Crippen molar-refractivity contribution in [1.82, 2.24) is 4.98 Å². The molecule has 1 aliphatic rings. The molecule has 21 heavy (non-hydrogen) atoms. The third-order valence-corrected chi connectivity index (χ3v) is 3.63. The lowest BCUT2D eigenvalue weighted by atomic mass is 10.0. The number of phenols is 1. The molecule has 0 radical (unpaired) electrons. The number of nitrogens with zero attached hydrogens (tertiary/aromatic N) is 1. The topological polar surface area (TPSA) is 68.7 Å². The Labute approximate surface area is 129 Å². The van der Waals surface area contributed by atoms with Gasteiger partial charge in [0.2, 0.25) is 5.78 Å². The highest BCUT2D eigenvalue weighted by molar-refractivity contribution is 9.10. The molecule has 2 aromatic rings. The zero-order valence-corrected chi connectivity index (χ0v) is 12.5. The van der Waals surface area contributed by atoms with Crippen LogP contribution >= 0.6 is 15.9 Å². The summed E-state index contributed by atoms with van der Waals surface area (Å²) in [4.78, 5) is 16.8. The maximum Gasteiger partial charge on any atom is 0.215 e. The molecule has 6 heteroatoms. The van der Waals surface area contributed by atoms with Crippen LogP contribution < -0.4 is 0 Å². The summed E-state index contributed by atoms with van der Waals surface area (Å²) in [5.74, 6) is -0.462. The fourth-order valence-electron chi connectivity index (χ4n) is 2.15. The third kappa shape index (κ3) is 2.83. The van der Waals surface area contributed by atoms with Crippen molar-refractivity contribution in [1.29, 1.82) is 0 Å². The van der Waals surface area contributed by atoms with E-state index in [9.17, 15) is 9.90 Å². The Kier molecular flexibility index (Phi) is 4.01. The molecule has 1 fully saturated rings. The number of pyridine rings is 1. The molecule has 5 nitrogen and oxygen atoms in total. The summed E-state index contributed by atoms with van der Waals surface area (Å²) in [6, 6.07) is 8.15. The molecule has 1 aliphatic heterocycles. The summed E-state index contributed by atoms with van der Waals surface area (Å²) in [7, 11) is 0. The smallest absolute Gasteiger partial charge is 0.215 e. The van der Waals surface area contributed by atoms with Gasteiger partial charge in [0.1, 0.15) is 11.4 Å². The normalized spacial score (nSPS) is 15.3. The minimum Gasteiger partial charge on any atom is -0.507 e. The van der Waals surface area contributed by atoms with Gasteiger partial charge in [0.05, 0.1) is 18.8 Å². The second kappa shape index (κ2) is 5.93. The molecule has 3 rings (SSSR count). The molecule has 1 aromatic carbocycles. The van der Waals surface area contributed by atoms with Crippen LogP contribution in [-0.2, 0) is 9.47 Å². The molecule has 0 saturated carbocycles. The maximum atomic E-state index is 12.6. The van der Waals surface area contributed by atoms with Crippen molar-refractivity contribution in [2.45, 2.75) is 6.29 Å². The second-order valence-corrected chi connectivity index (χ2v) is 5.42. The van der Waals surface area contributed by atoms with Gasteiger partial charge >= 0.3 is 0 Å². The molecule has 0 aliphatic carbocycles. The Morgan fingerprint density at radius 2 is 2.05 bits per heavy atom. The van der Waals surface area contributed by atoms with E-state index in [0.717, 1.165) is 0 Å². The molecular formula is C15H12BrNO4. The summed E-state index contributed by atoms with van der Waals surface area (Å²) >= 11 is 3.29. The number of aromatic nitrogens is 1. The minimum absolute atomic E-state index is 0.0898. The number of rotatable bonds is 3. The third-order valence-electron chi connectivity index (χ3n) is 3.13. The van der Waals surface area contributed by atoms with E-state index in [2.05, 4.69) is 20.9 Å². The first-order valence-electron chi connectivity index (χ1n) is 6.38. The summed E-state index contributed by atoms with van der Waals surface area (Å²) in [5, 5.41) is 9.89. The van der Waals surface area contributed by atoms with E-state index in [4.69, 9.17) is 9.47 Å². The molecule has 0 amide bonds. The van der Waals surface area contributed by atoms with Gasteiger partial charge in [-0.3, -0.25) is 9.78 Å². The number of ketones is 1. The number of carbonyl (C=O) groups is 1. The molecular weight excluding hydrogens is 338 g/mol. The van der Waals surface area contributed by atoms with Gasteiger partial charge in [0, 0.05) is 16.2 Å². The van der Waals surface area contributed by atoms with E-state index in [1.165, 1.54) is 12.3 Å². The van der Waals surface area contributed by atoms with E-state index in [1.54, 1.807) is 24.3 Å². The van der Waals surface area contributed by atoms with Crippen molar-refractivity contribution in [2.24, 2.45) is 0 Å². The summed E-state index contributed by atoms with van der Waals surface area (Å²) in [5.41, 5.74) is 0.972. The van der Waals surface area contributed by atoms with Crippen LogP contribution in [0, 0.1) is 0 Å². The van der Waals surface area contributed by atoms with Gasteiger partial charge in [-0.2, -0.15) is 0 Å². The average molecular weight is 350 g/mol. The molecule has 108 valence electrons. The van der Waals surface area contributed by atoms with Crippen LogP contribution in [0.5, 0.6) is 5.75 Å². The van der Waals surface area contributed by atoms with E-state index in [1.807, 2.05) is 0 Å². The van der Waals surface area contributed by atoms with Gasteiger partial charge in [-0.15, -0.1) is 0 Å². The molecule has 0 bridgehead atoms. The molecule has 0 unspecified atom stereocenters. The Morgan fingerprint density at radius 3 is 2.81 bits per heavy atom. The molecule has 1 saturated heterocycles. The average Bonchev–Trinajstić information content (AvgIpc) is 3.03. The number of aromatic hydroxyl groups is 1. The Morgan fingerprint density at radius 1 is 1.29 bits per heavy atom. The highest BCUT2D eigenvalue weighted by Gasteiger charge is 2.26. The van der Waals surface area contributed by atoms with Gasteiger partial charge < -0.3 is 14.6 Å². The first-order valence-corrected chi connectivity index (χ1v) is 7.17. The fraction of sp³-hybridized carbons (Fsp3) is 0.200. The molecule has 0 atom stereocenters. The lowest BCUT2D eigenvalue weighted by Crippen LogP contribution is -2.12. The fourth-order valence-corrected chi connectivity index (χ4v) is 2.51. The zero-order chi connectivity index (χ0) is 14.8. The van der Waals surface area contributed by atoms with Crippen LogP contribution in [0.15, 0.2) is 41.0 Å². The number of ether oxygens (including phenoxy) is 2. The van der Waals surface area contributed by atoms with E-state index in [-0.39, 0.29) is 22.8 Å². The summed E-state index contributed by atoms with van der Waals surface area (Å²) < 4.78 is 11.6. The monoisotopic (exact) mass is 349 g/mol.